The maximum Gasteiger partial charge on any atom is 0.225 e. The third kappa shape index (κ3) is 5.72. The van der Waals surface area contributed by atoms with Gasteiger partial charge in [0.15, 0.2) is 0 Å². The van der Waals surface area contributed by atoms with Gasteiger partial charge in [-0.1, -0.05) is 17.7 Å². The molecule has 2 aromatic rings. The van der Waals surface area contributed by atoms with Gasteiger partial charge in [-0.2, -0.15) is 4.31 Å². The number of nitrogens with zero attached hydrogens (tertiary/aromatic N) is 5. The van der Waals surface area contributed by atoms with Crippen LogP contribution in [0.15, 0.2) is 36.8 Å². The molecular weight excluding hydrogens is 438 g/mol. The second-order valence-corrected chi connectivity index (χ2v) is 10.3. The van der Waals surface area contributed by atoms with E-state index >= 15 is 0 Å². The molecule has 0 N–H and O–H groups in total. The fourth-order valence-electron chi connectivity index (χ4n) is 3.90. The lowest BCUT2D eigenvalue weighted by atomic mass is 10.1. The molecule has 0 saturated carbocycles. The van der Waals surface area contributed by atoms with Crippen LogP contribution in [0.25, 0.3) is 5.57 Å². The van der Waals surface area contributed by atoms with Gasteiger partial charge in [-0.05, 0) is 42.9 Å². The van der Waals surface area contributed by atoms with Gasteiger partial charge in [0.2, 0.25) is 16.0 Å². The number of ether oxygens (including phenoxy) is 1. The smallest absolute Gasteiger partial charge is 0.225 e. The molecular formula is C21H26ClN5O3S. The minimum Gasteiger partial charge on any atom is -0.492 e. The molecule has 1 fully saturated rings. The van der Waals surface area contributed by atoms with Crippen LogP contribution < -0.4 is 9.64 Å². The van der Waals surface area contributed by atoms with Gasteiger partial charge in [0.25, 0.3) is 0 Å². The third-order valence-electron chi connectivity index (χ3n) is 5.68. The van der Waals surface area contributed by atoms with Gasteiger partial charge in [-0.15, -0.1) is 0 Å². The second kappa shape index (κ2) is 9.50. The monoisotopic (exact) mass is 463 g/mol. The minimum absolute atomic E-state index is 0.396. The molecule has 0 bridgehead atoms. The molecule has 0 aliphatic carbocycles. The summed E-state index contributed by atoms with van der Waals surface area (Å²) in [5, 5.41) is 0.545. The number of aromatic nitrogens is 3. The molecule has 0 spiro atoms. The van der Waals surface area contributed by atoms with E-state index in [2.05, 4.69) is 19.9 Å². The zero-order valence-electron chi connectivity index (χ0n) is 17.4. The number of anilines is 1. The molecule has 166 valence electrons. The second-order valence-electron chi connectivity index (χ2n) is 7.92. The SMILES string of the molecule is CS(=O)(=O)N1CC=C(c2ccc(OCCC3CCN(c4ncc(Cl)cn4)C3)cn2)CC1. The highest BCUT2D eigenvalue weighted by Gasteiger charge is 2.24. The molecule has 0 amide bonds. The van der Waals surface area contributed by atoms with Gasteiger partial charge in [0, 0.05) is 26.2 Å². The van der Waals surface area contributed by atoms with Crippen molar-refractivity contribution in [2.75, 3.05) is 43.9 Å². The number of rotatable bonds is 7. The summed E-state index contributed by atoms with van der Waals surface area (Å²) in [4.78, 5) is 15.3. The number of hydrogen-bond donors (Lipinski definition) is 0. The van der Waals surface area contributed by atoms with Crippen LogP contribution in [0.5, 0.6) is 5.75 Å². The Morgan fingerprint density at radius 3 is 2.61 bits per heavy atom. The Hall–Kier alpha value is -2.23. The zero-order valence-corrected chi connectivity index (χ0v) is 19.0. The van der Waals surface area contributed by atoms with Crippen LogP contribution in [0.4, 0.5) is 5.95 Å². The molecule has 1 unspecified atom stereocenters. The van der Waals surface area contributed by atoms with E-state index in [0.29, 0.717) is 37.1 Å². The molecule has 1 atom stereocenters. The summed E-state index contributed by atoms with van der Waals surface area (Å²) in [6, 6.07) is 3.86. The average molecular weight is 464 g/mol. The van der Waals surface area contributed by atoms with E-state index in [-0.39, 0.29) is 0 Å². The zero-order chi connectivity index (χ0) is 21.8. The van der Waals surface area contributed by atoms with Crippen molar-refractivity contribution < 1.29 is 13.2 Å². The van der Waals surface area contributed by atoms with Crippen molar-refractivity contribution in [1.82, 2.24) is 19.3 Å². The van der Waals surface area contributed by atoms with Gasteiger partial charge < -0.3 is 9.64 Å². The van der Waals surface area contributed by atoms with Crippen LogP contribution in [0, 0.1) is 5.92 Å². The highest BCUT2D eigenvalue weighted by atomic mass is 35.5. The molecule has 2 aliphatic rings. The van der Waals surface area contributed by atoms with Crippen molar-refractivity contribution in [3.8, 4) is 5.75 Å². The van der Waals surface area contributed by atoms with Gasteiger partial charge in [0.1, 0.15) is 5.75 Å². The fourth-order valence-corrected chi connectivity index (χ4v) is 4.77. The summed E-state index contributed by atoms with van der Waals surface area (Å²) in [7, 11) is -3.14. The van der Waals surface area contributed by atoms with Gasteiger partial charge in [-0.25, -0.2) is 18.4 Å². The van der Waals surface area contributed by atoms with Crippen LogP contribution in [0.2, 0.25) is 5.02 Å². The topological polar surface area (TPSA) is 88.5 Å². The predicted octanol–water partition coefficient (Wildman–Crippen LogP) is 2.87. The predicted molar refractivity (Wildman–Crippen MR) is 121 cm³/mol. The summed E-state index contributed by atoms with van der Waals surface area (Å²) in [6.45, 7) is 3.37. The summed E-state index contributed by atoms with van der Waals surface area (Å²) in [5.74, 6) is 2.01. The Labute approximate surface area is 188 Å². The van der Waals surface area contributed by atoms with Crippen molar-refractivity contribution >= 4 is 33.1 Å². The van der Waals surface area contributed by atoms with Gasteiger partial charge >= 0.3 is 0 Å². The molecule has 2 aliphatic heterocycles. The first-order valence-electron chi connectivity index (χ1n) is 10.3. The Morgan fingerprint density at radius 2 is 1.97 bits per heavy atom. The Balaban J connectivity index is 1.23. The number of sulfonamides is 1. The van der Waals surface area contributed by atoms with E-state index in [1.54, 1.807) is 18.6 Å². The van der Waals surface area contributed by atoms with Crippen molar-refractivity contribution in [2.24, 2.45) is 5.92 Å². The van der Waals surface area contributed by atoms with Crippen LogP contribution in [0.1, 0.15) is 25.0 Å². The van der Waals surface area contributed by atoms with E-state index in [9.17, 15) is 8.42 Å². The van der Waals surface area contributed by atoms with Crippen molar-refractivity contribution in [3.63, 3.8) is 0 Å². The Bertz CT molecular complexity index is 1030. The van der Waals surface area contributed by atoms with E-state index in [1.165, 1.54) is 10.6 Å². The van der Waals surface area contributed by atoms with E-state index in [4.69, 9.17) is 16.3 Å². The van der Waals surface area contributed by atoms with Crippen LogP contribution in [-0.2, 0) is 10.0 Å². The maximum absolute atomic E-state index is 11.6. The Morgan fingerprint density at radius 1 is 1.16 bits per heavy atom. The molecule has 10 heteroatoms. The summed E-state index contributed by atoms with van der Waals surface area (Å²) in [6.07, 6.45) is 10.9. The fraction of sp³-hybridized carbons (Fsp3) is 0.476. The normalized spacial score (nSPS) is 20.0. The van der Waals surface area contributed by atoms with Crippen LogP contribution in [0.3, 0.4) is 0 Å². The van der Waals surface area contributed by atoms with E-state index in [0.717, 1.165) is 48.9 Å². The number of halogens is 1. The standard InChI is InChI=1S/C21H26ClN5O3S/c1-31(28,29)27-9-5-17(6-10-27)20-3-2-19(14-23-20)30-11-7-16-4-8-26(15-16)21-24-12-18(22)13-25-21/h2-3,5,12-14,16H,4,6-11,15H2,1H3. The molecule has 0 aromatic carbocycles. The molecule has 0 radical (unpaired) electrons. The largest absolute Gasteiger partial charge is 0.492 e. The number of hydrogen-bond acceptors (Lipinski definition) is 7. The molecule has 8 nitrogen and oxygen atoms in total. The number of pyridine rings is 1. The minimum atomic E-state index is -3.14. The summed E-state index contributed by atoms with van der Waals surface area (Å²) in [5.41, 5.74) is 1.94. The van der Waals surface area contributed by atoms with Crippen molar-refractivity contribution in [3.05, 3.63) is 47.5 Å². The maximum atomic E-state index is 11.6. The molecule has 1 saturated heterocycles. The molecule has 4 rings (SSSR count). The lowest BCUT2D eigenvalue weighted by molar-refractivity contribution is 0.283. The van der Waals surface area contributed by atoms with E-state index in [1.807, 2.05) is 18.2 Å². The van der Waals surface area contributed by atoms with Gasteiger partial charge in [0.05, 0.1) is 42.2 Å². The van der Waals surface area contributed by atoms with Crippen LogP contribution >= 0.6 is 11.6 Å². The quantitative estimate of drug-likeness (QED) is 0.623. The molecule has 2 aromatic heterocycles. The first kappa shape index (κ1) is 22.0. The van der Waals surface area contributed by atoms with Crippen molar-refractivity contribution in [1.29, 1.82) is 0 Å². The van der Waals surface area contributed by atoms with Crippen molar-refractivity contribution in [2.45, 2.75) is 19.3 Å². The summed E-state index contributed by atoms with van der Waals surface area (Å²) >= 11 is 5.86. The first-order chi connectivity index (χ1) is 14.9. The Kier molecular flexibility index (Phi) is 6.74. The summed E-state index contributed by atoms with van der Waals surface area (Å²) < 4.78 is 30.6. The first-order valence-corrected chi connectivity index (χ1v) is 12.6. The average Bonchev–Trinajstić information content (AvgIpc) is 3.23. The lowest BCUT2D eigenvalue weighted by Crippen LogP contribution is -2.33. The molecule has 31 heavy (non-hydrogen) atoms. The van der Waals surface area contributed by atoms with E-state index < -0.39 is 10.0 Å². The third-order valence-corrected chi connectivity index (χ3v) is 7.14. The van der Waals surface area contributed by atoms with Crippen LogP contribution in [-0.4, -0.2) is 66.7 Å². The highest BCUT2D eigenvalue weighted by molar-refractivity contribution is 7.88. The highest BCUT2D eigenvalue weighted by Crippen LogP contribution is 2.25. The lowest BCUT2D eigenvalue weighted by Gasteiger charge is -2.23. The molecule has 4 heterocycles. The van der Waals surface area contributed by atoms with Gasteiger partial charge in [-0.3, -0.25) is 4.98 Å².